The minimum Gasteiger partial charge on any atom is -0.330 e. The van der Waals surface area contributed by atoms with Crippen LogP contribution >= 0.6 is 0 Å². The predicted molar refractivity (Wildman–Crippen MR) is 54.6 cm³/mol. The lowest BCUT2D eigenvalue weighted by Gasteiger charge is -2.00. The number of rotatable bonds is 5. The van der Waals surface area contributed by atoms with Crippen molar-refractivity contribution in [2.75, 3.05) is 12.3 Å². The Morgan fingerprint density at radius 3 is 3.00 bits per heavy atom. The summed E-state index contributed by atoms with van der Waals surface area (Å²) < 4.78 is 11.4. The summed E-state index contributed by atoms with van der Waals surface area (Å²) in [5.41, 5.74) is 6.35. The first-order valence-corrected chi connectivity index (χ1v) is 5.75. The lowest BCUT2D eigenvalue weighted by Crippen LogP contribution is -2.07. The molecule has 0 radical (unpaired) electrons. The molecular weight excluding hydrogens is 184 g/mol. The Bertz CT molecular complexity index is 264. The standard InChI is InChI=1S/C9H14N2OS/c10-4-2-6-13(12)8-9-3-1-5-11-7-9/h1,3,5,7H,2,4,6,8,10H2. The van der Waals surface area contributed by atoms with Gasteiger partial charge in [0.1, 0.15) is 0 Å². The predicted octanol–water partition coefficient (Wildman–Crippen LogP) is 0.679. The summed E-state index contributed by atoms with van der Waals surface area (Å²) in [7, 11) is -0.791. The zero-order chi connectivity index (χ0) is 9.52. The van der Waals surface area contributed by atoms with Gasteiger partial charge in [-0.2, -0.15) is 0 Å². The van der Waals surface area contributed by atoms with Crippen molar-refractivity contribution in [3.63, 3.8) is 0 Å². The van der Waals surface area contributed by atoms with Gasteiger partial charge in [-0.1, -0.05) is 6.07 Å². The van der Waals surface area contributed by atoms with E-state index >= 15 is 0 Å². The highest BCUT2D eigenvalue weighted by atomic mass is 32.2. The largest absolute Gasteiger partial charge is 0.330 e. The third kappa shape index (κ3) is 4.15. The van der Waals surface area contributed by atoms with Gasteiger partial charge < -0.3 is 5.73 Å². The van der Waals surface area contributed by atoms with E-state index in [0.717, 1.165) is 12.0 Å². The fourth-order valence-electron chi connectivity index (χ4n) is 0.986. The number of aromatic nitrogens is 1. The smallest absolute Gasteiger partial charge is 0.0500 e. The molecule has 1 aromatic rings. The number of nitrogens with zero attached hydrogens (tertiary/aromatic N) is 1. The monoisotopic (exact) mass is 198 g/mol. The highest BCUT2D eigenvalue weighted by molar-refractivity contribution is 7.84. The average molecular weight is 198 g/mol. The van der Waals surface area contributed by atoms with Crippen LogP contribution in [0.2, 0.25) is 0 Å². The summed E-state index contributed by atoms with van der Waals surface area (Å²) in [6, 6.07) is 3.79. The first-order valence-electron chi connectivity index (χ1n) is 4.27. The summed E-state index contributed by atoms with van der Waals surface area (Å²) in [4.78, 5) is 3.96. The van der Waals surface area contributed by atoms with Gasteiger partial charge in [0.05, 0.1) is 5.75 Å². The molecule has 13 heavy (non-hydrogen) atoms. The Balaban J connectivity index is 2.37. The van der Waals surface area contributed by atoms with Crippen LogP contribution in [0.1, 0.15) is 12.0 Å². The Kier molecular flexibility index (Phi) is 4.64. The first-order chi connectivity index (χ1) is 6.33. The van der Waals surface area contributed by atoms with Gasteiger partial charge in [0.15, 0.2) is 0 Å². The second kappa shape index (κ2) is 5.83. The third-order valence-corrected chi connectivity index (χ3v) is 3.03. The number of hydrogen-bond acceptors (Lipinski definition) is 3. The van der Waals surface area contributed by atoms with Crippen LogP contribution in [0.5, 0.6) is 0 Å². The molecule has 0 aliphatic carbocycles. The second-order valence-electron chi connectivity index (χ2n) is 2.79. The molecule has 0 bridgehead atoms. The summed E-state index contributed by atoms with van der Waals surface area (Å²) in [5, 5.41) is 0. The van der Waals surface area contributed by atoms with E-state index in [4.69, 9.17) is 5.73 Å². The van der Waals surface area contributed by atoms with E-state index in [1.165, 1.54) is 0 Å². The highest BCUT2D eigenvalue weighted by Crippen LogP contribution is 2.01. The molecule has 1 rings (SSSR count). The maximum Gasteiger partial charge on any atom is 0.0500 e. The van der Waals surface area contributed by atoms with Crippen LogP contribution in [0.15, 0.2) is 24.5 Å². The summed E-state index contributed by atoms with van der Waals surface area (Å²) >= 11 is 0. The fraction of sp³-hybridized carbons (Fsp3) is 0.444. The molecule has 3 nitrogen and oxygen atoms in total. The molecule has 0 aliphatic rings. The fourth-order valence-corrected chi connectivity index (χ4v) is 2.16. The van der Waals surface area contributed by atoms with Crippen molar-refractivity contribution in [2.24, 2.45) is 5.73 Å². The maximum atomic E-state index is 11.4. The minimum atomic E-state index is -0.791. The number of nitrogens with two attached hydrogens (primary N) is 1. The number of hydrogen-bond donors (Lipinski definition) is 1. The van der Waals surface area contributed by atoms with Crippen LogP contribution in [-0.2, 0) is 16.6 Å². The summed E-state index contributed by atoms with van der Waals surface area (Å²) in [6.45, 7) is 0.610. The van der Waals surface area contributed by atoms with E-state index in [-0.39, 0.29) is 0 Å². The summed E-state index contributed by atoms with van der Waals surface area (Å²) in [5.74, 6) is 1.28. The van der Waals surface area contributed by atoms with Crippen molar-refractivity contribution in [1.82, 2.24) is 4.98 Å². The Morgan fingerprint density at radius 2 is 2.38 bits per heavy atom. The first kappa shape index (κ1) is 10.3. The van der Waals surface area contributed by atoms with Crippen molar-refractivity contribution in [3.05, 3.63) is 30.1 Å². The molecule has 0 aromatic carbocycles. The van der Waals surface area contributed by atoms with Crippen LogP contribution < -0.4 is 5.73 Å². The van der Waals surface area contributed by atoms with E-state index < -0.39 is 10.8 Å². The van der Waals surface area contributed by atoms with Gasteiger partial charge >= 0.3 is 0 Å². The molecule has 1 unspecified atom stereocenters. The lowest BCUT2D eigenvalue weighted by molar-refractivity contribution is 0.680. The topological polar surface area (TPSA) is 56.0 Å². The van der Waals surface area contributed by atoms with E-state index in [0.29, 0.717) is 18.1 Å². The normalized spacial score (nSPS) is 12.7. The SMILES string of the molecule is NCCCS(=O)Cc1cccnc1. The molecule has 2 N–H and O–H groups in total. The maximum absolute atomic E-state index is 11.4. The molecular formula is C9H14N2OS. The van der Waals surface area contributed by atoms with Gasteiger partial charge in [-0.3, -0.25) is 9.19 Å². The van der Waals surface area contributed by atoms with Crippen LogP contribution in [-0.4, -0.2) is 21.5 Å². The molecule has 0 amide bonds. The van der Waals surface area contributed by atoms with Crippen LogP contribution in [0.4, 0.5) is 0 Å². The van der Waals surface area contributed by atoms with E-state index in [1.807, 2.05) is 12.1 Å². The zero-order valence-electron chi connectivity index (χ0n) is 7.48. The molecule has 0 fully saturated rings. The lowest BCUT2D eigenvalue weighted by atomic mass is 10.3. The van der Waals surface area contributed by atoms with E-state index in [1.54, 1.807) is 12.4 Å². The van der Waals surface area contributed by atoms with Gasteiger partial charge in [-0.15, -0.1) is 0 Å². The van der Waals surface area contributed by atoms with Crippen molar-refractivity contribution in [2.45, 2.75) is 12.2 Å². The average Bonchev–Trinajstić information content (AvgIpc) is 2.16. The van der Waals surface area contributed by atoms with Gasteiger partial charge in [0.2, 0.25) is 0 Å². The molecule has 1 heterocycles. The Morgan fingerprint density at radius 1 is 1.54 bits per heavy atom. The molecule has 4 heteroatoms. The quantitative estimate of drug-likeness (QED) is 0.757. The van der Waals surface area contributed by atoms with Gasteiger partial charge in [0.25, 0.3) is 0 Å². The van der Waals surface area contributed by atoms with E-state index in [2.05, 4.69) is 4.98 Å². The zero-order valence-corrected chi connectivity index (χ0v) is 8.30. The van der Waals surface area contributed by atoms with Crippen LogP contribution in [0, 0.1) is 0 Å². The van der Waals surface area contributed by atoms with Crippen molar-refractivity contribution in [3.8, 4) is 0 Å². The van der Waals surface area contributed by atoms with Crippen LogP contribution in [0.25, 0.3) is 0 Å². The molecule has 1 aromatic heterocycles. The summed E-state index contributed by atoms with van der Waals surface area (Å²) in [6.07, 6.45) is 4.29. The van der Waals surface area contributed by atoms with Crippen LogP contribution in [0.3, 0.4) is 0 Å². The molecule has 0 saturated carbocycles. The van der Waals surface area contributed by atoms with Crippen molar-refractivity contribution >= 4 is 10.8 Å². The van der Waals surface area contributed by atoms with E-state index in [9.17, 15) is 4.21 Å². The minimum absolute atomic E-state index is 0.591. The number of pyridine rings is 1. The Hall–Kier alpha value is -0.740. The highest BCUT2D eigenvalue weighted by Gasteiger charge is 2.00. The van der Waals surface area contributed by atoms with Gasteiger partial charge in [-0.25, -0.2) is 0 Å². The van der Waals surface area contributed by atoms with Crippen molar-refractivity contribution < 1.29 is 4.21 Å². The Labute approximate surface area is 80.8 Å². The third-order valence-electron chi connectivity index (χ3n) is 1.63. The van der Waals surface area contributed by atoms with Gasteiger partial charge in [-0.05, 0) is 24.6 Å². The van der Waals surface area contributed by atoms with Crippen molar-refractivity contribution in [1.29, 1.82) is 0 Å². The van der Waals surface area contributed by atoms with Gasteiger partial charge in [0, 0.05) is 28.9 Å². The second-order valence-corrected chi connectivity index (χ2v) is 4.37. The molecule has 1 atom stereocenters. The molecule has 0 spiro atoms. The molecule has 0 aliphatic heterocycles. The molecule has 0 saturated heterocycles. The molecule has 72 valence electrons.